The molecule has 0 N–H and O–H groups in total. The van der Waals surface area contributed by atoms with Crippen molar-refractivity contribution in [3.05, 3.63) is 88.0 Å². The van der Waals surface area contributed by atoms with Gasteiger partial charge in [0.15, 0.2) is 5.76 Å². The second-order valence-corrected chi connectivity index (χ2v) is 10.3. The first-order valence-electron chi connectivity index (χ1n) is 11.8. The second kappa shape index (κ2) is 10.7. The summed E-state index contributed by atoms with van der Waals surface area (Å²) in [5.41, 5.74) is 3.06. The largest absolute Gasteiger partial charge is 0.496 e. The van der Waals surface area contributed by atoms with Gasteiger partial charge in [-0.25, -0.2) is 9.50 Å². The Bertz CT molecular complexity index is 1760. The van der Waals surface area contributed by atoms with Crippen LogP contribution in [-0.2, 0) is 13.2 Å². The van der Waals surface area contributed by atoms with Gasteiger partial charge in [0.05, 0.1) is 25.8 Å². The molecule has 39 heavy (non-hydrogen) atoms. The minimum Gasteiger partial charge on any atom is -0.496 e. The SMILES string of the molecule is COc1cc(OCc2cccc(OCc3ccc(Cl)cc3Cl)c2)c2cc(-c3cn4nc(OC)sc4n3)oc2c1. The third-order valence-corrected chi connectivity index (χ3v) is 7.43. The molecule has 0 atom stereocenters. The zero-order chi connectivity index (χ0) is 26.9. The van der Waals surface area contributed by atoms with E-state index in [0.717, 1.165) is 16.5 Å². The summed E-state index contributed by atoms with van der Waals surface area (Å²) in [5, 5.41) is 6.82. The molecule has 0 spiro atoms. The number of ether oxygens (including phenoxy) is 4. The average molecular weight is 582 g/mol. The molecular formula is C28H21Cl2N3O5S. The molecule has 6 aromatic rings. The zero-order valence-electron chi connectivity index (χ0n) is 20.8. The Hall–Kier alpha value is -3.92. The second-order valence-electron chi connectivity index (χ2n) is 8.53. The van der Waals surface area contributed by atoms with Gasteiger partial charge in [0.2, 0.25) is 4.96 Å². The van der Waals surface area contributed by atoms with Crippen molar-refractivity contribution in [3.8, 4) is 33.9 Å². The van der Waals surface area contributed by atoms with E-state index in [1.54, 1.807) is 37.1 Å². The molecule has 0 saturated carbocycles. The van der Waals surface area contributed by atoms with Crippen molar-refractivity contribution in [3.63, 3.8) is 0 Å². The fourth-order valence-corrected chi connectivity index (χ4v) is 5.18. The molecule has 0 bridgehead atoms. The molecule has 0 aliphatic rings. The fraction of sp³-hybridized carbons (Fsp3) is 0.143. The molecule has 8 nitrogen and oxygen atoms in total. The highest BCUT2D eigenvalue weighted by Crippen LogP contribution is 2.37. The van der Waals surface area contributed by atoms with Gasteiger partial charge in [-0.05, 0) is 47.2 Å². The number of imidazole rings is 1. The Labute approximate surface area is 237 Å². The number of fused-ring (bicyclic) bond motifs is 2. The van der Waals surface area contributed by atoms with E-state index in [4.69, 9.17) is 46.6 Å². The van der Waals surface area contributed by atoms with Crippen molar-refractivity contribution < 1.29 is 23.4 Å². The maximum Gasteiger partial charge on any atom is 0.294 e. The summed E-state index contributed by atoms with van der Waals surface area (Å²) >= 11 is 13.6. The summed E-state index contributed by atoms with van der Waals surface area (Å²) in [4.78, 5) is 5.32. The molecule has 6 rings (SSSR count). The van der Waals surface area contributed by atoms with Crippen molar-refractivity contribution in [2.75, 3.05) is 14.2 Å². The Morgan fingerprint density at radius 2 is 1.82 bits per heavy atom. The van der Waals surface area contributed by atoms with E-state index in [1.165, 1.54) is 11.3 Å². The third-order valence-electron chi connectivity index (χ3n) is 5.96. The molecule has 3 aromatic heterocycles. The lowest BCUT2D eigenvalue weighted by molar-refractivity contribution is 0.296. The Balaban J connectivity index is 1.21. The van der Waals surface area contributed by atoms with Crippen molar-refractivity contribution in [1.82, 2.24) is 14.6 Å². The van der Waals surface area contributed by atoms with E-state index in [2.05, 4.69) is 10.1 Å². The number of hydrogen-bond donors (Lipinski definition) is 0. The van der Waals surface area contributed by atoms with Gasteiger partial charge in [-0.3, -0.25) is 0 Å². The quantitative estimate of drug-likeness (QED) is 0.173. The lowest BCUT2D eigenvalue weighted by Crippen LogP contribution is -1.99. The number of aromatic nitrogens is 3. The van der Waals surface area contributed by atoms with Crippen LogP contribution in [0.15, 0.2) is 71.3 Å². The molecule has 0 amide bonds. The Kier molecular flexibility index (Phi) is 6.95. The van der Waals surface area contributed by atoms with Crippen LogP contribution >= 0.6 is 34.5 Å². The van der Waals surface area contributed by atoms with Gasteiger partial charge in [0.1, 0.15) is 41.7 Å². The van der Waals surface area contributed by atoms with Gasteiger partial charge in [0.25, 0.3) is 5.19 Å². The highest BCUT2D eigenvalue weighted by Gasteiger charge is 2.17. The van der Waals surface area contributed by atoms with Crippen LogP contribution in [-0.4, -0.2) is 28.8 Å². The number of rotatable bonds is 9. The Morgan fingerprint density at radius 3 is 2.62 bits per heavy atom. The van der Waals surface area contributed by atoms with Crippen LogP contribution in [0, 0.1) is 0 Å². The molecule has 0 saturated heterocycles. The van der Waals surface area contributed by atoms with Crippen LogP contribution in [0.3, 0.4) is 0 Å². The summed E-state index contributed by atoms with van der Waals surface area (Å²) < 4.78 is 30.6. The molecule has 0 unspecified atom stereocenters. The highest BCUT2D eigenvalue weighted by molar-refractivity contribution is 7.18. The maximum atomic E-state index is 6.27. The van der Waals surface area contributed by atoms with E-state index < -0.39 is 0 Å². The molecule has 3 heterocycles. The van der Waals surface area contributed by atoms with Crippen molar-refractivity contribution >= 4 is 50.5 Å². The number of methoxy groups -OCH3 is 2. The standard InChI is InChI=1S/C28H21Cl2N3O5S/c1-34-20-10-24(21-12-26(38-25(21)11-20)23-13-33-27(31-23)39-28(32-33)35-2)37-14-16-4-3-5-19(8-16)36-15-17-6-7-18(29)9-22(17)30/h3-13H,14-15H2,1-2H3. The third kappa shape index (κ3) is 5.34. The first-order chi connectivity index (χ1) is 19.0. The number of furan rings is 1. The van der Waals surface area contributed by atoms with Gasteiger partial charge in [-0.2, -0.15) is 0 Å². The summed E-state index contributed by atoms with van der Waals surface area (Å²) in [6.07, 6.45) is 1.80. The highest BCUT2D eigenvalue weighted by atomic mass is 35.5. The zero-order valence-corrected chi connectivity index (χ0v) is 23.1. The van der Waals surface area contributed by atoms with Gasteiger partial charge < -0.3 is 23.4 Å². The van der Waals surface area contributed by atoms with E-state index in [-0.39, 0.29) is 0 Å². The van der Waals surface area contributed by atoms with Gasteiger partial charge in [0, 0.05) is 27.7 Å². The van der Waals surface area contributed by atoms with Crippen molar-refractivity contribution in [1.29, 1.82) is 0 Å². The van der Waals surface area contributed by atoms with Gasteiger partial charge in [-0.1, -0.05) is 41.4 Å². The molecule has 0 aliphatic carbocycles. The van der Waals surface area contributed by atoms with Crippen molar-refractivity contribution in [2.24, 2.45) is 0 Å². The molecule has 0 radical (unpaired) electrons. The number of nitrogens with zero attached hydrogens (tertiary/aromatic N) is 3. The fourth-order valence-electron chi connectivity index (χ4n) is 4.02. The average Bonchev–Trinajstić information content (AvgIpc) is 3.64. The minimum atomic E-state index is 0.311. The van der Waals surface area contributed by atoms with E-state index >= 15 is 0 Å². The summed E-state index contributed by atoms with van der Waals surface area (Å²) in [6.45, 7) is 0.633. The predicted molar refractivity (Wildman–Crippen MR) is 151 cm³/mol. The van der Waals surface area contributed by atoms with E-state index in [9.17, 15) is 0 Å². The smallest absolute Gasteiger partial charge is 0.294 e. The van der Waals surface area contributed by atoms with Crippen LogP contribution in [0.1, 0.15) is 11.1 Å². The van der Waals surface area contributed by atoms with Crippen LogP contribution in [0.4, 0.5) is 0 Å². The van der Waals surface area contributed by atoms with E-state index in [1.807, 2.05) is 48.5 Å². The van der Waals surface area contributed by atoms with Crippen LogP contribution in [0.2, 0.25) is 10.0 Å². The molecule has 11 heteroatoms. The molecule has 0 aliphatic heterocycles. The Morgan fingerprint density at radius 1 is 0.923 bits per heavy atom. The number of benzene rings is 3. The minimum absolute atomic E-state index is 0.311. The predicted octanol–water partition coefficient (Wildman–Crippen LogP) is 7.69. The summed E-state index contributed by atoms with van der Waals surface area (Å²) in [7, 11) is 3.18. The summed E-state index contributed by atoms with van der Waals surface area (Å²) in [6, 6.07) is 18.6. The maximum absolute atomic E-state index is 6.27. The monoisotopic (exact) mass is 581 g/mol. The molecule has 198 valence electrons. The van der Waals surface area contributed by atoms with Crippen LogP contribution in [0.5, 0.6) is 22.4 Å². The van der Waals surface area contributed by atoms with Gasteiger partial charge >= 0.3 is 0 Å². The van der Waals surface area contributed by atoms with Crippen LogP contribution < -0.4 is 18.9 Å². The normalized spacial score (nSPS) is 11.3. The van der Waals surface area contributed by atoms with E-state index in [0.29, 0.717) is 67.7 Å². The molecular weight excluding hydrogens is 561 g/mol. The number of halogens is 2. The lowest BCUT2D eigenvalue weighted by Gasteiger charge is -2.11. The first kappa shape index (κ1) is 25.4. The van der Waals surface area contributed by atoms with Gasteiger partial charge in [-0.15, -0.1) is 5.10 Å². The summed E-state index contributed by atoms with van der Waals surface area (Å²) in [5.74, 6) is 2.54. The number of hydrogen-bond acceptors (Lipinski definition) is 8. The molecule has 3 aromatic carbocycles. The topological polar surface area (TPSA) is 80.2 Å². The molecule has 0 fully saturated rings. The van der Waals surface area contributed by atoms with Crippen molar-refractivity contribution in [2.45, 2.75) is 13.2 Å². The lowest BCUT2D eigenvalue weighted by atomic mass is 10.2. The van der Waals surface area contributed by atoms with Crippen LogP contribution in [0.25, 0.3) is 27.4 Å². The first-order valence-corrected chi connectivity index (χ1v) is 13.4.